The van der Waals surface area contributed by atoms with Gasteiger partial charge in [0.15, 0.2) is 0 Å². The van der Waals surface area contributed by atoms with E-state index in [4.69, 9.17) is 5.73 Å². The highest BCUT2D eigenvalue weighted by Crippen LogP contribution is 2.08. The minimum Gasteiger partial charge on any atom is -0.385 e. The van der Waals surface area contributed by atoms with Crippen LogP contribution >= 0.6 is 0 Å². The van der Waals surface area contributed by atoms with Gasteiger partial charge in [0.2, 0.25) is 0 Å². The number of anilines is 2. The number of pyridine rings is 1. The lowest BCUT2D eigenvalue weighted by molar-refractivity contribution is 0.685. The number of hydrogen-bond donors (Lipinski definition) is 2. The van der Waals surface area contributed by atoms with Gasteiger partial charge in [-0.2, -0.15) is 0 Å². The summed E-state index contributed by atoms with van der Waals surface area (Å²) in [5.41, 5.74) is 6.47. The number of hydrogen-bond acceptors (Lipinski definition) is 4. The normalized spacial score (nSPS) is 12.4. The Morgan fingerprint density at radius 3 is 3.07 bits per heavy atom. The molecular formula is C9H15N3OS. The Morgan fingerprint density at radius 1 is 1.64 bits per heavy atom. The number of nitrogens with zero attached hydrogens (tertiary/aromatic N) is 1. The molecule has 0 aromatic carbocycles. The predicted octanol–water partition coefficient (Wildman–Crippen LogP) is 0.844. The van der Waals surface area contributed by atoms with E-state index in [1.54, 1.807) is 18.5 Å². The lowest BCUT2D eigenvalue weighted by Gasteiger charge is -2.05. The van der Waals surface area contributed by atoms with E-state index >= 15 is 0 Å². The summed E-state index contributed by atoms with van der Waals surface area (Å²) >= 11 is 0. The van der Waals surface area contributed by atoms with Crippen molar-refractivity contribution >= 4 is 22.3 Å². The molecule has 1 aromatic heterocycles. The van der Waals surface area contributed by atoms with Crippen molar-refractivity contribution in [2.45, 2.75) is 6.42 Å². The zero-order chi connectivity index (χ0) is 10.4. The molecule has 14 heavy (non-hydrogen) atoms. The van der Waals surface area contributed by atoms with Gasteiger partial charge in [-0.25, -0.2) is 4.98 Å². The molecule has 0 aliphatic carbocycles. The molecule has 0 amide bonds. The summed E-state index contributed by atoms with van der Waals surface area (Å²) in [5, 5.41) is 3.19. The summed E-state index contributed by atoms with van der Waals surface area (Å²) in [6.07, 6.45) is 4.27. The molecule has 1 atom stereocenters. The van der Waals surface area contributed by atoms with Crippen LogP contribution in [0.5, 0.6) is 0 Å². The predicted molar refractivity (Wildman–Crippen MR) is 60.7 cm³/mol. The van der Waals surface area contributed by atoms with Gasteiger partial charge in [-0.15, -0.1) is 0 Å². The fourth-order valence-electron chi connectivity index (χ4n) is 1.07. The third kappa shape index (κ3) is 4.23. The van der Waals surface area contributed by atoms with Gasteiger partial charge in [-0.1, -0.05) is 0 Å². The molecule has 5 heteroatoms. The van der Waals surface area contributed by atoms with E-state index in [0.717, 1.165) is 24.4 Å². The summed E-state index contributed by atoms with van der Waals surface area (Å²) in [4.78, 5) is 3.89. The molecule has 0 saturated carbocycles. The smallest absolute Gasteiger partial charge is 0.125 e. The fraction of sp³-hybridized carbons (Fsp3) is 0.444. The number of nitrogens with one attached hydrogen (secondary N) is 1. The van der Waals surface area contributed by atoms with Crippen LogP contribution in [0.3, 0.4) is 0 Å². The van der Waals surface area contributed by atoms with Gasteiger partial charge in [0.05, 0.1) is 0 Å². The third-order valence-electron chi connectivity index (χ3n) is 1.72. The Hall–Kier alpha value is -1.10. The van der Waals surface area contributed by atoms with E-state index in [1.807, 2.05) is 6.07 Å². The first-order chi connectivity index (χ1) is 6.68. The van der Waals surface area contributed by atoms with E-state index in [2.05, 4.69) is 10.3 Å². The van der Waals surface area contributed by atoms with Crippen molar-refractivity contribution < 1.29 is 4.21 Å². The highest BCUT2D eigenvalue weighted by molar-refractivity contribution is 7.84. The van der Waals surface area contributed by atoms with Crippen molar-refractivity contribution in [2.24, 2.45) is 0 Å². The van der Waals surface area contributed by atoms with Gasteiger partial charge in [0.25, 0.3) is 0 Å². The van der Waals surface area contributed by atoms with Crippen LogP contribution in [-0.2, 0) is 10.8 Å². The molecule has 0 bridgehead atoms. The van der Waals surface area contributed by atoms with Gasteiger partial charge in [-0.3, -0.25) is 4.21 Å². The van der Waals surface area contributed by atoms with Crippen LogP contribution in [0, 0.1) is 0 Å². The minimum absolute atomic E-state index is 0.508. The molecule has 1 rings (SSSR count). The van der Waals surface area contributed by atoms with Crippen LogP contribution in [0.25, 0.3) is 0 Å². The van der Waals surface area contributed by atoms with Crippen molar-refractivity contribution in [2.75, 3.05) is 29.6 Å². The first kappa shape index (κ1) is 11.0. The molecule has 3 N–H and O–H groups in total. The van der Waals surface area contributed by atoms with Crippen molar-refractivity contribution in [3.63, 3.8) is 0 Å². The SMILES string of the molecule is CS(=O)CCCNc1ccnc(N)c1. The Bertz CT molecular complexity index is 317. The van der Waals surface area contributed by atoms with Crippen molar-refractivity contribution in [1.82, 2.24) is 4.98 Å². The van der Waals surface area contributed by atoms with E-state index in [-0.39, 0.29) is 0 Å². The van der Waals surface area contributed by atoms with E-state index in [0.29, 0.717) is 5.82 Å². The van der Waals surface area contributed by atoms with Gasteiger partial charge in [0.1, 0.15) is 5.82 Å². The number of rotatable bonds is 5. The molecule has 1 heterocycles. The molecule has 1 unspecified atom stereocenters. The first-order valence-corrected chi connectivity index (χ1v) is 6.16. The van der Waals surface area contributed by atoms with Crippen LogP contribution in [-0.4, -0.2) is 27.7 Å². The topological polar surface area (TPSA) is 68.0 Å². The average Bonchev–Trinajstić information content (AvgIpc) is 2.12. The summed E-state index contributed by atoms with van der Waals surface area (Å²) in [6.45, 7) is 0.809. The van der Waals surface area contributed by atoms with Gasteiger partial charge >= 0.3 is 0 Å². The minimum atomic E-state index is -0.705. The monoisotopic (exact) mass is 213 g/mol. The van der Waals surface area contributed by atoms with Gasteiger partial charge < -0.3 is 11.1 Å². The van der Waals surface area contributed by atoms with Crippen LogP contribution in [0.2, 0.25) is 0 Å². The Balaban J connectivity index is 2.28. The first-order valence-electron chi connectivity index (χ1n) is 4.44. The second kappa shape index (κ2) is 5.59. The van der Waals surface area contributed by atoms with Crippen LogP contribution < -0.4 is 11.1 Å². The maximum atomic E-state index is 10.8. The zero-order valence-corrected chi connectivity index (χ0v) is 9.01. The van der Waals surface area contributed by atoms with Crippen LogP contribution in [0.4, 0.5) is 11.5 Å². The molecule has 0 radical (unpaired) electrons. The standard InChI is InChI=1S/C9H15N3OS/c1-14(13)6-2-4-11-8-3-5-12-9(10)7-8/h3,5,7H,2,4,6H2,1H3,(H3,10,11,12). The molecule has 4 nitrogen and oxygen atoms in total. The van der Waals surface area contributed by atoms with Crippen molar-refractivity contribution in [3.05, 3.63) is 18.3 Å². The third-order valence-corrected chi connectivity index (χ3v) is 2.58. The lowest BCUT2D eigenvalue weighted by atomic mass is 10.3. The zero-order valence-electron chi connectivity index (χ0n) is 8.19. The Kier molecular flexibility index (Phi) is 4.39. The second-order valence-electron chi connectivity index (χ2n) is 3.03. The summed E-state index contributed by atoms with van der Waals surface area (Å²) in [5.74, 6) is 1.24. The van der Waals surface area contributed by atoms with Gasteiger partial charge in [0, 0.05) is 47.3 Å². The molecule has 0 saturated heterocycles. The molecule has 0 fully saturated rings. The maximum Gasteiger partial charge on any atom is 0.125 e. The molecule has 78 valence electrons. The molecule has 1 aromatic rings. The fourth-order valence-corrected chi connectivity index (χ4v) is 1.62. The number of nitrogen functional groups attached to an aromatic ring is 1. The summed E-state index contributed by atoms with van der Waals surface area (Å²) in [6, 6.07) is 3.64. The second-order valence-corrected chi connectivity index (χ2v) is 4.58. The molecule has 0 aliphatic heterocycles. The summed E-state index contributed by atoms with van der Waals surface area (Å²) in [7, 11) is -0.705. The van der Waals surface area contributed by atoms with Crippen molar-refractivity contribution in [3.8, 4) is 0 Å². The van der Waals surface area contributed by atoms with E-state index < -0.39 is 10.8 Å². The van der Waals surface area contributed by atoms with Gasteiger partial charge in [-0.05, 0) is 12.5 Å². The number of nitrogens with two attached hydrogens (primary N) is 1. The maximum absolute atomic E-state index is 10.8. The van der Waals surface area contributed by atoms with Crippen LogP contribution in [0.15, 0.2) is 18.3 Å². The molecular weight excluding hydrogens is 198 g/mol. The highest BCUT2D eigenvalue weighted by atomic mass is 32.2. The van der Waals surface area contributed by atoms with Crippen LogP contribution in [0.1, 0.15) is 6.42 Å². The molecule has 0 spiro atoms. The summed E-state index contributed by atoms with van der Waals surface area (Å²) < 4.78 is 10.8. The highest BCUT2D eigenvalue weighted by Gasteiger charge is 1.94. The Morgan fingerprint density at radius 2 is 2.43 bits per heavy atom. The quantitative estimate of drug-likeness (QED) is 0.711. The van der Waals surface area contributed by atoms with E-state index in [1.165, 1.54) is 0 Å². The lowest BCUT2D eigenvalue weighted by Crippen LogP contribution is -2.06. The molecule has 0 aliphatic rings. The Labute approximate surface area is 86.4 Å². The van der Waals surface area contributed by atoms with Crippen molar-refractivity contribution in [1.29, 1.82) is 0 Å². The largest absolute Gasteiger partial charge is 0.385 e. The van der Waals surface area contributed by atoms with E-state index in [9.17, 15) is 4.21 Å². The average molecular weight is 213 g/mol. The number of aromatic nitrogens is 1.